The molecule has 21 heavy (non-hydrogen) atoms. The average molecular weight is 282 g/mol. The van der Waals surface area contributed by atoms with E-state index in [1.54, 1.807) is 0 Å². The summed E-state index contributed by atoms with van der Waals surface area (Å²) in [6.45, 7) is 6.06. The summed E-state index contributed by atoms with van der Waals surface area (Å²) in [5, 5.41) is 3.27. The first-order valence-electron chi connectivity index (χ1n) is 7.68. The van der Waals surface area contributed by atoms with Crippen LogP contribution >= 0.6 is 0 Å². The number of nitrogens with zero attached hydrogens (tertiary/aromatic N) is 3. The molecular weight excluding hydrogens is 260 g/mol. The van der Waals surface area contributed by atoms with Crippen molar-refractivity contribution >= 4 is 11.5 Å². The predicted molar refractivity (Wildman–Crippen MR) is 85.8 cm³/mol. The van der Waals surface area contributed by atoms with Crippen LogP contribution in [0, 0.1) is 0 Å². The van der Waals surface area contributed by atoms with Gasteiger partial charge in [-0.05, 0) is 37.9 Å². The number of nitrogens with one attached hydrogen (secondary N) is 1. The minimum atomic E-state index is 0.453. The molecule has 0 bridgehead atoms. The maximum Gasteiger partial charge on any atom is 0.151 e. The van der Waals surface area contributed by atoms with Gasteiger partial charge >= 0.3 is 0 Å². The molecule has 1 aromatic carbocycles. The third kappa shape index (κ3) is 2.90. The van der Waals surface area contributed by atoms with Gasteiger partial charge in [0.1, 0.15) is 0 Å². The summed E-state index contributed by atoms with van der Waals surface area (Å²) < 4.78 is 0. The minimum absolute atomic E-state index is 0.453. The van der Waals surface area contributed by atoms with Crippen LogP contribution in [0.1, 0.15) is 31.5 Å². The van der Waals surface area contributed by atoms with Crippen molar-refractivity contribution in [2.45, 2.75) is 39.3 Å². The van der Waals surface area contributed by atoms with Gasteiger partial charge in [0, 0.05) is 18.3 Å². The lowest BCUT2D eigenvalue weighted by Gasteiger charge is -2.36. The number of benzene rings is 1. The van der Waals surface area contributed by atoms with Gasteiger partial charge in [-0.15, -0.1) is 0 Å². The van der Waals surface area contributed by atoms with Crippen LogP contribution in [0.3, 0.4) is 0 Å². The van der Waals surface area contributed by atoms with Gasteiger partial charge in [0.15, 0.2) is 5.82 Å². The Labute approximate surface area is 126 Å². The first-order chi connectivity index (χ1) is 10.3. The molecular formula is C17H22N4. The molecule has 1 aliphatic heterocycles. The molecule has 1 aliphatic rings. The first kappa shape index (κ1) is 14.0. The van der Waals surface area contributed by atoms with Crippen molar-refractivity contribution in [3.05, 3.63) is 47.9 Å². The molecule has 0 fully saturated rings. The number of aromatic nitrogens is 2. The van der Waals surface area contributed by atoms with E-state index >= 15 is 0 Å². The molecule has 1 aromatic heterocycles. The number of hydrogen-bond acceptors (Lipinski definition) is 4. The highest BCUT2D eigenvalue weighted by molar-refractivity contribution is 5.65. The number of anilines is 2. The van der Waals surface area contributed by atoms with Crippen LogP contribution in [-0.2, 0) is 13.0 Å². The fourth-order valence-corrected chi connectivity index (χ4v) is 2.85. The van der Waals surface area contributed by atoms with Crippen LogP contribution < -0.4 is 10.2 Å². The fraction of sp³-hybridized carbons (Fsp3) is 0.412. The predicted octanol–water partition coefficient (Wildman–Crippen LogP) is 3.06. The maximum atomic E-state index is 4.63. The van der Waals surface area contributed by atoms with Crippen LogP contribution in [0.25, 0.3) is 0 Å². The Bertz CT molecular complexity index is 594. The second-order valence-electron chi connectivity index (χ2n) is 5.53. The molecule has 0 radical (unpaired) electrons. The van der Waals surface area contributed by atoms with Crippen LogP contribution in [-0.4, -0.2) is 22.6 Å². The highest BCUT2D eigenvalue weighted by Gasteiger charge is 2.24. The van der Waals surface area contributed by atoms with Crippen molar-refractivity contribution < 1.29 is 0 Å². The largest absolute Gasteiger partial charge is 0.322 e. The van der Waals surface area contributed by atoms with Crippen molar-refractivity contribution in [3.63, 3.8) is 0 Å². The molecule has 0 amide bonds. The Morgan fingerprint density at radius 3 is 2.86 bits per heavy atom. The molecule has 1 N–H and O–H groups in total. The zero-order valence-corrected chi connectivity index (χ0v) is 12.7. The monoisotopic (exact) mass is 282 g/mol. The summed E-state index contributed by atoms with van der Waals surface area (Å²) in [5.74, 6) is 0.940. The normalized spacial score (nSPS) is 17.6. The second kappa shape index (κ2) is 6.22. The van der Waals surface area contributed by atoms with E-state index in [2.05, 4.69) is 58.3 Å². The molecule has 0 aliphatic carbocycles. The number of aryl methyl sites for hydroxylation is 1. The zero-order valence-electron chi connectivity index (χ0n) is 12.7. The van der Waals surface area contributed by atoms with E-state index in [0.717, 1.165) is 37.4 Å². The number of para-hydroxylation sites is 1. The van der Waals surface area contributed by atoms with Crippen molar-refractivity contribution in [2.75, 3.05) is 11.4 Å². The van der Waals surface area contributed by atoms with Gasteiger partial charge in [0.25, 0.3) is 0 Å². The number of fused-ring (bicyclic) bond motifs is 1. The quantitative estimate of drug-likeness (QED) is 0.935. The fourth-order valence-electron chi connectivity index (χ4n) is 2.85. The lowest BCUT2D eigenvalue weighted by molar-refractivity contribution is 0.611. The van der Waals surface area contributed by atoms with Crippen molar-refractivity contribution in [3.8, 4) is 0 Å². The van der Waals surface area contributed by atoms with Gasteiger partial charge in [-0.25, -0.2) is 4.98 Å². The molecule has 0 spiro atoms. The molecule has 0 saturated carbocycles. The second-order valence-corrected chi connectivity index (χ2v) is 5.53. The molecule has 0 saturated heterocycles. The highest BCUT2D eigenvalue weighted by atomic mass is 15.2. The third-order valence-corrected chi connectivity index (χ3v) is 4.02. The van der Waals surface area contributed by atoms with Crippen molar-refractivity contribution in [1.29, 1.82) is 0 Å². The molecule has 1 atom stereocenters. The van der Waals surface area contributed by atoms with Gasteiger partial charge in [-0.2, -0.15) is 0 Å². The van der Waals surface area contributed by atoms with E-state index in [9.17, 15) is 0 Å². The Hall–Kier alpha value is -1.94. The topological polar surface area (TPSA) is 41.1 Å². The zero-order chi connectivity index (χ0) is 14.7. The Balaban J connectivity index is 1.89. The molecule has 2 heterocycles. The van der Waals surface area contributed by atoms with E-state index in [1.807, 2.05) is 12.4 Å². The molecule has 4 nitrogen and oxygen atoms in total. The third-order valence-electron chi connectivity index (χ3n) is 4.02. The van der Waals surface area contributed by atoms with Gasteiger partial charge in [-0.3, -0.25) is 4.98 Å². The van der Waals surface area contributed by atoms with Crippen LogP contribution in [0.15, 0.2) is 36.7 Å². The maximum absolute atomic E-state index is 4.63. The number of hydrogen-bond donors (Lipinski definition) is 1. The molecule has 110 valence electrons. The van der Waals surface area contributed by atoms with Gasteiger partial charge in [0.05, 0.1) is 18.1 Å². The SMILES string of the molecule is CCNCc1cnc(N2c3ccccc3CCC2C)cn1. The summed E-state index contributed by atoms with van der Waals surface area (Å²) >= 11 is 0. The summed E-state index contributed by atoms with van der Waals surface area (Å²) in [4.78, 5) is 11.5. The molecule has 1 unspecified atom stereocenters. The minimum Gasteiger partial charge on any atom is -0.322 e. The van der Waals surface area contributed by atoms with E-state index in [1.165, 1.54) is 11.3 Å². The summed E-state index contributed by atoms with van der Waals surface area (Å²) in [5.41, 5.74) is 3.65. The van der Waals surface area contributed by atoms with E-state index in [-0.39, 0.29) is 0 Å². The summed E-state index contributed by atoms with van der Waals surface area (Å²) in [7, 11) is 0. The van der Waals surface area contributed by atoms with Crippen LogP contribution in [0.2, 0.25) is 0 Å². The Kier molecular flexibility index (Phi) is 4.15. The van der Waals surface area contributed by atoms with Crippen LogP contribution in [0.4, 0.5) is 11.5 Å². The van der Waals surface area contributed by atoms with Crippen molar-refractivity contribution in [1.82, 2.24) is 15.3 Å². The molecule has 4 heteroatoms. The average Bonchev–Trinajstić information content (AvgIpc) is 2.53. The highest BCUT2D eigenvalue weighted by Crippen LogP contribution is 2.35. The summed E-state index contributed by atoms with van der Waals surface area (Å²) in [6.07, 6.45) is 6.06. The van der Waals surface area contributed by atoms with E-state index in [0.29, 0.717) is 6.04 Å². The first-order valence-corrected chi connectivity index (χ1v) is 7.68. The Morgan fingerprint density at radius 1 is 1.24 bits per heavy atom. The Morgan fingerprint density at radius 2 is 2.10 bits per heavy atom. The molecule has 2 aromatic rings. The lowest BCUT2D eigenvalue weighted by Crippen LogP contribution is -2.33. The van der Waals surface area contributed by atoms with E-state index < -0.39 is 0 Å². The lowest BCUT2D eigenvalue weighted by atomic mass is 9.97. The van der Waals surface area contributed by atoms with Crippen molar-refractivity contribution in [2.24, 2.45) is 0 Å². The smallest absolute Gasteiger partial charge is 0.151 e. The summed E-state index contributed by atoms with van der Waals surface area (Å²) in [6, 6.07) is 9.05. The standard InChI is InChI=1S/C17H22N4/c1-3-18-10-15-11-20-17(12-19-15)21-13(2)8-9-14-6-4-5-7-16(14)21/h4-7,11-13,18H,3,8-10H2,1-2H3. The number of rotatable bonds is 4. The van der Waals surface area contributed by atoms with Gasteiger partial charge < -0.3 is 10.2 Å². The van der Waals surface area contributed by atoms with Crippen LogP contribution in [0.5, 0.6) is 0 Å². The molecule has 3 rings (SSSR count). The van der Waals surface area contributed by atoms with Gasteiger partial charge in [-0.1, -0.05) is 25.1 Å². The van der Waals surface area contributed by atoms with E-state index in [4.69, 9.17) is 0 Å². The van der Waals surface area contributed by atoms with Gasteiger partial charge in [0.2, 0.25) is 0 Å².